The van der Waals surface area contributed by atoms with E-state index in [1.807, 2.05) is 17.5 Å². The van der Waals surface area contributed by atoms with Crippen LogP contribution >= 0.6 is 11.3 Å². The van der Waals surface area contributed by atoms with Gasteiger partial charge in [-0.1, -0.05) is 18.2 Å². The Morgan fingerprint density at radius 3 is 2.63 bits per heavy atom. The molecule has 5 heteroatoms. The van der Waals surface area contributed by atoms with E-state index in [0.29, 0.717) is 13.1 Å². The van der Waals surface area contributed by atoms with Gasteiger partial charge in [0, 0.05) is 18.0 Å². The van der Waals surface area contributed by atoms with E-state index in [2.05, 4.69) is 10.6 Å². The molecule has 0 atom stereocenters. The summed E-state index contributed by atoms with van der Waals surface area (Å²) in [7, 11) is 0. The lowest BCUT2D eigenvalue weighted by Gasteiger charge is -2.07. The maximum absolute atomic E-state index is 12.7. The Bertz CT molecular complexity index is 511. The first-order valence-corrected chi connectivity index (χ1v) is 6.90. The molecule has 0 aliphatic heterocycles. The number of hydrogen-bond donors (Lipinski definition) is 2. The van der Waals surface area contributed by atoms with Crippen LogP contribution in [0.2, 0.25) is 0 Å². The third-order valence-corrected chi connectivity index (χ3v) is 3.54. The van der Waals surface area contributed by atoms with Gasteiger partial charge in [-0.15, -0.1) is 11.3 Å². The average molecular weight is 278 g/mol. The topological polar surface area (TPSA) is 41.1 Å². The van der Waals surface area contributed by atoms with Gasteiger partial charge in [0.2, 0.25) is 0 Å². The number of hydrogen-bond acceptors (Lipinski definition) is 2. The molecule has 3 nitrogen and oxygen atoms in total. The highest BCUT2D eigenvalue weighted by Gasteiger charge is 2.01. The molecule has 0 saturated heterocycles. The Balaban J connectivity index is 1.65. The fourth-order valence-electron chi connectivity index (χ4n) is 1.60. The van der Waals surface area contributed by atoms with Gasteiger partial charge in [-0.05, 0) is 35.6 Å². The number of rotatable bonds is 5. The van der Waals surface area contributed by atoms with E-state index in [-0.39, 0.29) is 11.8 Å². The molecule has 1 heterocycles. The van der Waals surface area contributed by atoms with Crippen molar-refractivity contribution in [1.82, 2.24) is 10.6 Å². The maximum Gasteiger partial charge on any atom is 0.315 e. The lowest BCUT2D eigenvalue weighted by Crippen LogP contribution is -2.36. The van der Waals surface area contributed by atoms with Gasteiger partial charge >= 0.3 is 6.03 Å². The van der Waals surface area contributed by atoms with Crippen LogP contribution in [0, 0.1) is 5.82 Å². The second-order valence-electron chi connectivity index (χ2n) is 4.07. The van der Waals surface area contributed by atoms with Crippen molar-refractivity contribution >= 4 is 17.4 Å². The third kappa shape index (κ3) is 4.71. The Hall–Kier alpha value is -1.88. The smallest absolute Gasteiger partial charge is 0.315 e. The monoisotopic (exact) mass is 278 g/mol. The predicted molar refractivity (Wildman–Crippen MR) is 74.7 cm³/mol. The second kappa shape index (κ2) is 6.89. The molecule has 0 radical (unpaired) electrons. The maximum atomic E-state index is 12.7. The van der Waals surface area contributed by atoms with Crippen LogP contribution in [0.15, 0.2) is 41.8 Å². The van der Waals surface area contributed by atoms with E-state index in [0.717, 1.165) is 12.0 Å². The van der Waals surface area contributed by atoms with Gasteiger partial charge in [0.25, 0.3) is 0 Å². The summed E-state index contributed by atoms with van der Waals surface area (Å²) in [6.07, 6.45) is 0.835. The second-order valence-corrected chi connectivity index (χ2v) is 5.10. The highest BCUT2D eigenvalue weighted by molar-refractivity contribution is 7.09. The predicted octanol–water partition coefficient (Wildman–Crippen LogP) is 2.93. The standard InChI is InChI=1S/C14H15FN2OS/c15-12-5-3-11(4-6-12)10-17-14(18)16-8-7-13-2-1-9-19-13/h1-6,9H,7-8,10H2,(H2,16,17,18). The fraction of sp³-hybridized carbons (Fsp3) is 0.214. The Morgan fingerprint density at radius 2 is 1.95 bits per heavy atom. The fourth-order valence-corrected chi connectivity index (χ4v) is 2.31. The molecule has 0 spiro atoms. The largest absolute Gasteiger partial charge is 0.338 e. The van der Waals surface area contributed by atoms with Crippen LogP contribution in [0.4, 0.5) is 9.18 Å². The summed E-state index contributed by atoms with van der Waals surface area (Å²) in [6.45, 7) is 1.00. The first kappa shape index (κ1) is 13.5. The van der Waals surface area contributed by atoms with Gasteiger partial charge in [-0.25, -0.2) is 9.18 Å². The highest BCUT2D eigenvalue weighted by atomic mass is 32.1. The van der Waals surface area contributed by atoms with Crippen LogP contribution in [-0.4, -0.2) is 12.6 Å². The Morgan fingerprint density at radius 1 is 1.16 bits per heavy atom. The van der Waals surface area contributed by atoms with Crippen LogP contribution in [-0.2, 0) is 13.0 Å². The molecule has 2 amide bonds. The van der Waals surface area contributed by atoms with E-state index >= 15 is 0 Å². The number of benzene rings is 1. The lowest BCUT2D eigenvalue weighted by atomic mass is 10.2. The summed E-state index contributed by atoms with van der Waals surface area (Å²) >= 11 is 1.68. The molecule has 100 valence electrons. The molecule has 0 bridgehead atoms. The van der Waals surface area contributed by atoms with E-state index in [4.69, 9.17) is 0 Å². The van der Waals surface area contributed by atoms with Crippen LogP contribution in [0.25, 0.3) is 0 Å². The highest BCUT2D eigenvalue weighted by Crippen LogP contribution is 2.08. The molecule has 0 saturated carbocycles. The summed E-state index contributed by atoms with van der Waals surface area (Å²) in [5, 5.41) is 7.53. The van der Waals surface area contributed by atoms with Gasteiger partial charge < -0.3 is 10.6 Å². The van der Waals surface area contributed by atoms with Crippen molar-refractivity contribution in [2.24, 2.45) is 0 Å². The molecule has 2 aromatic rings. The van der Waals surface area contributed by atoms with Crippen molar-refractivity contribution in [3.05, 3.63) is 58.0 Å². The molecular formula is C14H15FN2OS. The SMILES string of the molecule is O=C(NCCc1cccs1)NCc1ccc(F)cc1. The number of urea groups is 1. The number of thiophene rings is 1. The van der Waals surface area contributed by atoms with Crippen LogP contribution in [0.1, 0.15) is 10.4 Å². The van der Waals surface area contributed by atoms with Crippen LogP contribution in [0.5, 0.6) is 0 Å². The molecule has 0 fully saturated rings. The van der Waals surface area contributed by atoms with E-state index in [9.17, 15) is 9.18 Å². The quantitative estimate of drug-likeness (QED) is 0.867. The summed E-state index contributed by atoms with van der Waals surface area (Å²) in [5.74, 6) is -0.274. The van der Waals surface area contributed by atoms with Gasteiger partial charge in [-0.2, -0.15) is 0 Å². The van der Waals surface area contributed by atoms with E-state index in [1.165, 1.54) is 17.0 Å². The van der Waals surface area contributed by atoms with Gasteiger partial charge in [0.1, 0.15) is 5.82 Å². The van der Waals surface area contributed by atoms with Crippen molar-refractivity contribution < 1.29 is 9.18 Å². The van der Waals surface area contributed by atoms with Crippen molar-refractivity contribution in [1.29, 1.82) is 0 Å². The van der Waals surface area contributed by atoms with Crippen LogP contribution < -0.4 is 10.6 Å². The molecule has 2 rings (SSSR count). The molecule has 0 aliphatic rings. The minimum absolute atomic E-state index is 0.208. The van der Waals surface area contributed by atoms with Crippen molar-refractivity contribution in [3.63, 3.8) is 0 Å². The first-order valence-electron chi connectivity index (χ1n) is 6.02. The Labute approximate surface area is 115 Å². The summed E-state index contributed by atoms with van der Waals surface area (Å²) in [6, 6.07) is 9.90. The van der Waals surface area contributed by atoms with Crippen molar-refractivity contribution in [2.45, 2.75) is 13.0 Å². The number of amides is 2. The third-order valence-electron chi connectivity index (χ3n) is 2.60. The lowest BCUT2D eigenvalue weighted by molar-refractivity contribution is 0.240. The molecule has 1 aromatic carbocycles. The first-order chi connectivity index (χ1) is 9.24. The van der Waals surface area contributed by atoms with Gasteiger partial charge in [-0.3, -0.25) is 0 Å². The molecule has 0 unspecified atom stereocenters. The van der Waals surface area contributed by atoms with Gasteiger partial charge in [0.15, 0.2) is 0 Å². The number of nitrogens with one attached hydrogen (secondary N) is 2. The summed E-state index contributed by atoms with van der Waals surface area (Å²) in [5.41, 5.74) is 0.870. The Kier molecular flexibility index (Phi) is 4.92. The van der Waals surface area contributed by atoms with Gasteiger partial charge in [0.05, 0.1) is 0 Å². The molecule has 19 heavy (non-hydrogen) atoms. The molecule has 2 N–H and O–H groups in total. The van der Waals surface area contributed by atoms with E-state index < -0.39 is 0 Å². The molecular weight excluding hydrogens is 263 g/mol. The van der Waals surface area contributed by atoms with Crippen molar-refractivity contribution in [3.8, 4) is 0 Å². The minimum Gasteiger partial charge on any atom is -0.338 e. The van der Waals surface area contributed by atoms with E-state index in [1.54, 1.807) is 23.5 Å². The van der Waals surface area contributed by atoms with Crippen molar-refractivity contribution in [2.75, 3.05) is 6.54 Å². The normalized spacial score (nSPS) is 10.2. The number of carbonyl (C=O) groups is 1. The summed E-state index contributed by atoms with van der Waals surface area (Å²) in [4.78, 5) is 12.8. The number of carbonyl (C=O) groups excluding carboxylic acids is 1. The molecule has 0 aliphatic carbocycles. The number of halogens is 1. The minimum atomic E-state index is -0.274. The molecule has 1 aromatic heterocycles. The van der Waals surface area contributed by atoms with Crippen LogP contribution in [0.3, 0.4) is 0 Å². The zero-order chi connectivity index (χ0) is 13.5. The zero-order valence-corrected chi connectivity index (χ0v) is 11.2. The zero-order valence-electron chi connectivity index (χ0n) is 10.4. The summed E-state index contributed by atoms with van der Waals surface area (Å²) < 4.78 is 12.7. The average Bonchev–Trinajstić information content (AvgIpc) is 2.91.